The fourth-order valence-electron chi connectivity index (χ4n) is 4.19. The summed E-state index contributed by atoms with van der Waals surface area (Å²) in [5, 5.41) is 13.9. The summed E-state index contributed by atoms with van der Waals surface area (Å²) in [5.41, 5.74) is -3.91. The van der Waals surface area contributed by atoms with Crippen LogP contribution < -0.4 is 0 Å². The van der Waals surface area contributed by atoms with Crippen LogP contribution in [0.4, 0.5) is 26.3 Å². The van der Waals surface area contributed by atoms with Crippen molar-refractivity contribution >= 4 is 9.84 Å². The number of aromatic nitrogens is 2. The van der Waals surface area contributed by atoms with Gasteiger partial charge in [-0.1, -0.05) is 6.07 Å². The lowest BCUT2D eigenvalue weighted by Gasteiger charge is -2.39. The summed E-state index contributed by atoms with van der Waals surface area (Å²) in [7, 11) is -4.35. The van der Waals surface area contributed by atoms with Crippen LogP contribution in [-0.4, -0.2) is 53.5 Å². The number of aliphatic hydroxyl groups is 1. The average molecular weight is 528 g/mol. The Kier molecular flexibility index (Phi) is 6.26. The third kappa shape index (κ3) is 4.93. The van der Waals surface area contributed by atoms with Gasteiger partial charge in [0, 0.05) is 6.61 Å². The Bertz CT molecular complexity index is 1210. The van der Waals surface area contributed by atoms with Crippen molar-refractivity contribution in [2.24, 2.45) is 0 Å². The first-order valence-electron chi connectivity index (χ1n) is 10.5. The third-order valence-corrected chi connectivity index (χ3v) is 8.85. The topological polar surface area (TPSA) is 90.7 Å². The summed E-state index contributed by atoms with van der Waals surface area (Å²) in [6, 6.07) is 4.07. The molecular formula is C21H22F6N2O5S. The molecule has 0 saturated carbocycles. The lowest BCUT2D eigenvalue weighted by Crippen LogP contribution is -2.53. The molecule has 1 aromatic carbocycles. The monoisotopic (exact) mass is 528 g/mol. The Hall–Kier alpha value is -2.16. The second-order valence-electron chi connectivity index (χ2n) is 9.12. The molecule has 194 valence electrons. The van der Waals surface area contributed by atoms with Crippen LogP contribution in [0.3, 0.4) is 0 Å². The molecule has 14 heteroatoms. The van der Waals surface area contributed by atoms with E-state index in [0.29, 0.717) is 6.07 Å². The fraction of sp³-hybridized carbons (Fsp3) is 0.571. The van der Waals surface area contributed by atoms with E-state index in [2.05, 4.69) is 5.10 Å². The molecule has 0 spiro atoms. The van der Waals surface area contributed by atoms with Crippen LogP contribution in [0, 0.1) is 0 Å². The molecule has 4 rings (SSSR count). The molecule has 0 aliphatic carbocycles. The standard InChI is InChI=1S/C21H22F6N2O5S/c1-18(35(31,32)14-4-2-3-13(7-14)20(22,23)24)5-6-34-16(9-18)15-8-17(21(25,26)27)28-29(15)10-19(30)11-33-12-19/h2-4,7-8,16,30H,5-6,9-12H2,1H3. The number of hydrogen-bond acceptors (Lipinski definition) is 6. The molecule has 2 aliphatic rings. The van der Waals surface area contributed by atoms with E-state index >= 15 is 0 Å². The number of sulfone groups is 1. The van der Waals surface area contributed by atoms with Gasteiger partial charge in [0.25, 0.3) is 0 Å². The molecule has 1 N–H and O–H groups in total. The Balaban J connectivity index is 1.69. The zero-order chi connectivity index (χ0) is 25.9. The van der Waals surface area contributed by atoms with Crippen LogP contribution in [0.2, 0.25) is 0 Å². The Morgan fingerprint density at radius 1 is 1.14 bits per heavy atom. The van der Waals surface area contributed by atoms with Crippen molar-refractivity contribution in [2.75, 3.05) is 19.8 Å². The highest BCUT2D eigenvalue weighted by Crippen LogP contribution is 2.44. The van der Waals surface area contributed by atoms with Crippen molar-refractivity contribution in [3.63, 3.8) is 0 Å². The van der Waals surface area contributed by atoms with Crippen molar-refractivity contribution in [1.82, 2.24) is 9.78 Å². The van der Waals surface area contributed by atoms with Crippen LogP contribution in [-0.2, 0) is 38.2 Å². The van der Waals surface area contributed by atoms with E-state index in [9.17, 15) is 39.9 Å². The van der Waals surface area contributed by atoms with Crippen molar-refractivity contribution < 1.29 is 49.3 Å². The molecule has 2 atom stereocenters. The average Bonchev–Trinajstić information content (AvgIpc) is 3.16. The normalized spacial score (nSPS) is 25.3. The van der Waals surface area contributed by atoms with Crippen LogP contribution in [0.15, 0.2) is 35.2 Å². The molecule has 2 fully saturated rings. The zero-order valence-corrected chi connectivity index (χ0v) is 19.2. The predicted octanol–water partition coefficient (Wildman–Crippen LogP) is 3.77. The minimum atomic E-state index is -4.80. The first-order chi connectivity index (χ1) is 16.0. The quantitative estimate of drug-likeness (QED) is 0.595. The van der Waals surface area contributed by atoms with Gasteiger partial charge in [-0.05, 0) is 44.0 Å². The first kappa shape index (κ1) is 25.9. The summed E-state index contributed by atoms with van der Waals surface area (Å²) in [4.78, 5) is -0.541. The lowest BCUT2D eigenvalue weighted by atomic mass is 9.94. The summed E-state index contributed by atoms with van der Waals surface area (Å²) in [6.45, 7) is 0.604. The van der Waals surface area contributed by atoms with E-state index in [0.717, 1.165) is 28.9 Å². The molecule has 1 aromatic heterocycles. The van der Waals surface area contributed by atoms with Gasteiger partial charge in [-0.25, -0.2) is 8.42 Å². The van der Waals surface area contributed by atoms with Gasteiger partial charge in [0.1, 0.15) is 11.7 Å². The van der Waals surface area contributed by atoms with Gasteiger partial charge < -0.3 is 14.6 Å². The highest BCUT2D eigenvalue weighted by atomic mass is 32.2. The number of benzene rings is 1. The summed E-state index contributed by atoms with van der Waals surface area (Å²) in [6.07, 6.45) is -11.1. The Morgan fingerprint density at radius 3 is 2.40 bits per heavy atom. The van der Waals surface area contributed by atoms with Gasteiger partial charge in [0.2, 0.25) is 0 Å². The Labute approximate surface area is 196 Å². The molecular weight excluding hydrogens is 506 g/mol. The fourth-order valence-corrected chi connectivity index (χ4v) is 6.02. The number of rotatable bonds is 5. The number of halogens is 6. The largest absolute Gasteiger partial charge is 0.435 e. The summed E-state index contributed by atoms with van der Waals surface area (Å²) >= 11 is 0. The molecule has 2 aromatic rings. The second-order valence-corrected chi connectivity index (χ2v) is 11.6. The van der Waals surface area contributed by atoms with Gasteiger partial charge >= 0.3 is 12.4 Å². The van der Waals surface area contributed by atoms with Crippen molar-refractivity contribution in [2.45, 2.75) is 60.0 Å². The maximum Gasteiger partial charge on any atom is 0.435 e. The number of ether oxygens (including phenoxy) is 2. The van der Waals surface area contributed by atoms with Crippen molar-refractivity contribution in [1.29, 1.82) is 0 Å². The van der Waals surface area contributed by atoms with Gasteiger partial charge in [-0.3, -0.25) is 4.68 Å². The molecule has 0 radical (unpaired) electrons. The summed E-state index contributed by atoms with van der Waals surface area (Å²) in [5.74, 6) is 0. The number of alkyl halides is 6. The first-order valence-corrected chi connectivity index (χ1v) is 12.0. The molecule has 2 unspecified atom stereocenters. The van der Waals surface area contributed by atoms with Crippen molar-refractivity contribution in [3.05, 3.63) is 47.3 Å². The molecule has 7 nitrogen and oxygen atoms in total. The number of hydrogen-bond donors (Lipinski definition) is 1. The smallest absolute Gasteiger partial charge is 0.383 e. The zero-order valence-electron chi connectivity index (χ0n) is 18.4. The van der Waals surface area contributed by atoms with Crippen LogP contribution >= 0.6 is 0 Å². The lowest BCUT2D eigenvalue weighted by molar-refractivity contribution is -0.187. The minimum absolute atomic E-state index is 0.0832. The highest BCUT2D eigenvalue weighted by molar-refractivity contribution is 7.92. The molecule has 2 aliphatic heterocycles. The van der Waals surface area contributed by atoms with Gasteiger partial charge in [-0.2, -0.15) is 31.4 Å². The Morgan fingerprint density at radius 2 is 1.83 bits per heavy atom. The van der Waals surface area contributed by atoms with E-state index in [1.54, 1.807) is 0 Å². The van der Waals surface area contributed by atoms with E-state index in [1.807, 2.05) is 0 Å². The van der Waals surface area contributed by atoms with Crippen LogP contribution in [0.5, 0.6) is 0 Å². The maximum atomic E-state index is 13.4. The molecule has 2 saturated heterocycles. The molecule has 3 heterocycles. The van der Waals surface area contributed by atoms with Gasteiger partial charge in [0.05, 0.1) is 40.7 Å². The van der Waals surface area contributed by atoms with Gasteiger partial charge in [-0.15, -0.1) is 0 Å². The second kappa shape index (κ2) is 8.46. The van der Waals surface area contributed by atoms with E-state index < -0.39 is 54.8 Å². The maximum absolute atomic E-state index is 13.4. The predicted molar refractivity (Wildman–Crippen MR) is 108 cm³/mol. The van der Waals surface area contributed by atoms with E-state index in [4.69, 9.17) is 9.47 Å². The minimum Gasteiger partial charge on any atom is -0.383 e. The van der Waals surface area contributed by atoms with Crippen LogP contribution in [0.1, 0.15) is 42.8 Å². The van der Waals surface area contributed by atoms with Gasteiger partial charge in [0.15, 0.2) is 15.5 Å². The van der Waals surface area contributed by atoms with Crippen LogP contribution in [0.25, 0.3) is 0 Å². The summed E-state index contributed by atoms with van der Waals surface area (Å²) < 4.78 is 116. The number of nitrogens with zero attached hydrogens (tertiary/aromatic N) is 2. The highest BCUT2D eigenvalue weighted by Gasteiger charge is 2.48. The van der Waals surface area contributed by atoms with E-state index in [-0.39, 0.29) is 44.9 Å². The molecule has 35 heavy (non-hydrogen) atoms. The third-order valence-electron chi connectivity index (χ3n) is 6.30. The van der Waals surface area contributed by atoms with E-state index in [1.165, 1.54) is 6.92 Å². The van der Waals surface area contributed by atoms with Crippen molar-refractivity contribution in [3.8, 4) is 0 Å². The molecule has 0 bridgehead atoms. The SMILES string of the molecule is CC1(S(=O)(=O)c2cccc(C(F)(F)F)c2)CCOC(c2cc(C(F)(F)F)nn2CC2(O)COC2)C1. The molecule has 0 amide bonds.